The fourth-order valence-electron chi connectivity index (χ4n) is 5.80. The lowest BCUT2D eigenvalue weighted by Crippen LogP contribution is -2.54. The monoisotopic (exact) mass is 686 g/mol. The van der Waals surface area contributed by atoms with E-state index in [1.54, 1.807) is 29.0 Å². The number of carbonyl (C=O) groups is 1. The van der Waals surface area contributed by atoms with Gasteiger partial charge in [-0.25, -0.2) is 13.8 Å². The van der Waals surface area contributed by atoms with Crippen molar-refractivity contribution in [2.45, 2.75) is 39.7 Å². The SMILES string of the molecule is C=CC(=O)N1CCN(c2c(C#N)c(=O)n(-c3c(C)ccnc3C(C)C)c3nc(-c4c(F)c(O)c(Cl)c(Cl)c4F)c(Cl)cc23)C[C@H]1C. The maximum Gasteiger partial charge on any atom is 0.276 e. The summed E-state index contributed by atoms with van der Waals surface area (Å²) in [7, 11) is 0. The maximum absolute atomic E-state index is 15.5. The number of amides is 1. The molecular weight excluding hydrogens is 661 g/mol. The second-order valence-electron chi connectivity index (χ2n) is 11.2. The molecule has 1 saturated heterocycles. The summed E-state index contributed by atoms with van der Waals surface area (Å²) in [4.78, 5) is 39.3. The molecule has 0 radical (unpaired) electrons. The van der Waals surface area contributed by atoms with Gasteiger partial charge in [0.15, 0.2) is 17.4 Å². The lowest BCUT2D eigenvalue weighted by atomic mass is 10.0. The number of hydrogen-bond donors (Lipinski definition) is 1. The maximum atomic E-state index is 15.5. The van der Waals surface area contributed by atoms with E-state index in [2.05, 4.69) is 16.5 Å². The molecular formula is C32H27Cl3F2N6O3. The van der Waals surface area contributed by atoms with Gasteiger partial charge < -0.3 is 14.9 Å². The highest BCUT2D eigenvalue weighted by molar-refractivity contribution is 6.43. The molecule has 3 aromatic heterocycles. The lowest BCUT2D eigenvalue weighted by molar-refractivity contribution is -0.128. The van der Waals surface area contributed by atoms with E-state index in [1.807, 2.05) is 26.8 Å². The summed E-state index contributed by atoms with van der Waals surface area (Å²) in [5, 5.41) is 19.2. The van der Waals surface area contributed by atoms with Crippen LogP contribution in [0.2, 0.25) is 15.1 Å². The Labute approximate surface area is 277 Å². The zero-order chi connectivity index (χ0) is 33.8. The molecule has 1 aliphatic heterocycles. The van der Waals surface area contributed by atoms with Gasteiger partial charge in [-0.2, -0.15) is 5.26 Å². The summed E-state index contributed by atoms with van der Waals surface area (Å²) >= 11 is 18.5. The molecule has 0 saturated carbocycles. The number of aromatic hydroxyl groups is 1. The first kappa shape index (κ1) is 33.1. The van der Waals surface area contributed by atoms with E-state index in [-0.39, 0.29) is 64.8 Å². The number of anilines is 1. The Morgan fingerprint density at radius 1 is 1.20 bits per heavy atom. The number of pyridine rings is 3. The summed E-state index contributed by atoms with van der Waals surface area (Å²) in [6, 6.07) is 4.76. The Hall–Kier alpha value is -4.24. The quantitative estimate of drug-likeness (QED) is 0.138. The lowest BCUT2D eigenvalue weighted by Gasteiger charge is -2.41. The number of phenols is 1. The molecule has 1 aromatic carbocycles. The summed E-state index contributed by atoms with van der Waals surface area (Å²) in [5.41, 5.74) is -0.731. The Balaban J connectivity index is 1.94. The summed E-state index contributed by atoms with van der Waals surface area (Å²) < 4.78 is 32.2. The van der Waals surface area contributed by atoms with Crippen molar-refractivity contribution in [1.29, 1.82) is 5.26 Å². The molecule has 4 heterocycles. The van der Waals surface area contributed by atoms with Gasteiger partial charge in [0.25, 0.3) is 5.56 Å². The molecule has 14 heteroatoms. The van der Waals surface area contributed by atoms with E-state index in [9.17, 15) is 20.0 Å². The Bertz CT molecular complexity index is 2030. The molecule has 0 spiro atoms. The van der Waals surface area contributed by atoms with Gasteiger partial charge >= 0.3 is 0 Å². The van der Waals surface area contributed by atoms with Crippen LogP contribution in [0.4, 0.5) is 14.5 Å². The van der Waals surface area contributed by atoms with E-state index in [4.69, 9.17) is 34.8 Å². The average Bonchev–Trinajstić information content (AvgIpc) is 3.02. The molecule has 1 amide bonds. The molecule has 1 N–H and O–H groups in total. The second-order valence-corrected chi connectivity index (χ2v) is 12.4. The molecule has 9 nitrogen and oxygen atoms in total. The van der Waals surface area contributed by atoms with Crippen LogP contribution < -0.4 is 10.5 Å². The molecule has 4 aromatic rings. The molecule has 46 heavy (non-hydrogen) atoms. The number of fused-ring (bicyclic) bond motifs is 1. The number of aromatic nitrogens is 3. The van der Waals surface area contributed by atoms with Crippen LogP contribution in [-0.4, -0.2) is 56.1 Å². The number of nitrogens with zero attached hydrogens (tertiary/aromatic N) is 6. The van der Waals surface area contributed by atoms with E-state index >= 15 is 8.78 Å². The van der Waals surface area contributed by atoms with Crippen molar-refractivity contribution in [3.63, 3.8) is 0 Å². The predicted molar refractivity (Wildman–Crippen MR) is 174 cm³/mol. The number of rotatable bonds is 5. The highest BCUT2D eigenvalue weighted by Crippen LogP contribution is 2.45. The second kappa shape index (κ2) is 12.5. The van der Waals surface area contributed by atoms with E-state index < -0.39 is 44.2 Å². The highest BCUT2D eigenvalue weighted by Gasteiger charge is 2.33. The van der Waals surface area contributed by atoms with Crippen LogP contribution in [0.5, 0.6) is 5.75 Å². The molecule has 0 unspecified atom stereocenters. The Kier molecular flexibility index (Phi) is 9.01. The molecule has 1 atom stereocenters. The van der Waals surface area contributed by atoms with Crippen molar-refractivity contribution in [2.24, 2.45) is 0 Å². The van der Waals surface area contributed by atoms with Crippen LogP contribution in [-0.2, 0) is 4.79 Å². The first-order chi connectivity index (χ1) is 21.7. The minimum absolute atomic E-state index is 0.0852. The number of carbonyl (C=O) groups excluding carboxylic acids is 1. The number of piperazine rings is 1. The first-order valence-electron chi connectivity index (χ1n) is 14.1. The van der Waals surface area contributed by atoms with Crippen molar-refractivity contribution < 1.29 is 18.7 Å². The molecule has 5 rings (SSSR count). The third-order valence-electron chi connectivity index (χ3n) is 7.99. The Morgan fingerprint density at radius 2 is 1.89 bits per heavy atom. The Morgan fingerprint density at radius 3 is 2.50 bits per heavy atom. The number of aryl methyl sites for hydroxylation is 1. The third-order valence-corrected chi connectivity index (χ3v) is 9.10. The van der Waals surface area contributed by atoms with E-state index in [0.29, 0.717) is 16.9 Å². The third kappa shape index (κ3) is 5.24. The highest BCUT2D eigenvalue weighted by atomic mass is 35.5. The van der Waals surface area contributed by atoms with Gasteiger partial charge in [0.2, 0.25) is 5.91 Å². The minimum Gasteiger partial charge on any atom is -0.504 e. The zero-order valence-electron chi connectivity index (χ0n) is 25.1. The van der Waals surface area contributed by atoms with Crippen molar-refractivity contribution in [1.82, 2.24) is 19.4 Å². The predicted octanol–water partition coefficient (Wildman–Crippen LogP) is 6.92. The number of nitriles is 1. The number of halogens is 5. The smallest absolute Gasteiger partial charge is 0.276 e. The van der Waals surface area contributed by atoms with E-state index in [0.717, 1.165) is 0 Å². The molecule has 0 bridgehead atoms. The van der Waals surface area contributed by atoms with Gasteiger partial charge in [0, 0.05) is 37.3 Å². The molecule has 1 aliphatic rings. The van der Waals surface area contributed by atoms with Gasteiger partial charge in [0.05, 0.1) is 38.4 Å². The number of hydrogen-bond acceptors (Lipinski definition) is 7. The van der Waals surface area contributed by atoms with Gasteiger partial charge in [-0.05, 0) is 43.5 Å². The van der Waals surface area contributed by atoms with Crippen LogP contribution in [0.25, 0.3) is 28.0 Å². The molecule has 1 fully saturated rings. The van der Waals surface area contributed by atoms with Gasteiger partial charge in [-0.15, -0.1) is 0 Å². The normalized spacial score (nSPS) is 15.0. The van der Waals surface area contributed by atoms with Crippen LogP contribution >= 0.6 is 34.8 Å². The topological polar surface area (TPSA) is 115 Å². The van der Waals surface area contributed by atoms with Gasteiger partial charge in [-0.1, -0.05) is 55.2 Å². The fraction of sp³-hybridized carbons (Fsp3) is 0.281. The van der Waals surface area contributed by atoms with Crippen LogP contribution in [0.3, 0.4) is 0 Å². The van der Waals surface area contributed by atoms with Crippen LogP contribution in [0.15, 0.2) is 35.8 Å². The van der Waals surface area contributed by atoms with Crippen molar-refractivity contribution in [3.8, 4) is 28.8 Å². The summed E-state index contributed by atoms with van der Waals surface area (Å²) in [6.45, 7) is 11.6. The van der Waals surface area contributed by atoms with Crippen LogP contribution in [0, 0.1) is 29.9 Å². The van der Waals surface area contributed by atoms with Crippen molar-refractivity contribution in [3.05, 3.63) is 84.9 Å². The summed E-state index contributed by atoms with van der Waals surface area (Å²) in [5.74, 6) is -4.34. The van der Waals surface area contributed by atoms with Crippen molar-refractivity contribution in [2.75, 3.05) is 24.5 Å². The minimum atomic E-state index is -1.46. The zero-order valence-corrected chi connectivity index (χ0v) is 27.4. The largest absolute Gasteiger partial charge is 0.504 e. The molecule has 238 valence electrons. The van der Waals surface area contributed by atoms with E-state index in [1.165, 1.54) is 16.7 Å². The number of phenolic OH excluding ortho intramolecular Hbond substituents is 1. The number of benzene rings is 1. The van der Waals surface area contributed by atoms with Crippen molar-refractivity contribution >= 4 is 57.4 Å². The fourth-order valence-corrected chi connectivity index (χ4v) is 6.39. The van der Waals surface area contributed by atoms with Gasteiger partial charge in [-0.3, -0.25) is 19.1 Å². The molecule has 0 aliphatic carbocycles. The van der Waals surface area contributed by atoms with Gasteiger partial charge in [0.1, 0.15) is 22.3 Å². The summed E-state index contributed by atoms with van der Waals surface area (Å²) in [6.07, 6.45) is 2.81. The first-order valence-corrected chi connectivity index (χ1v) is 15.3. The average molecular weight is 688 g/mol. The standard InChI is InChI=1S/C32H27Cl3F2N6O3/c1-6-20(44)42-10-9-41(13-16(42)5)29-17-11-19(33)27(21-24(36)22(34)23(35)30(45)25(21)37)40-31(17)43(32(46)18(29)12-38)28-15(4)7-8-39-26(28)14(2)3/h6-8,11,14,16,45H,1,9-10,13H2,2-5H3/t16-/m1/s1. The van der Waals surface area contributed by atoms with Crippen LogP contribution in [0.1, 0.15) is 43.5 Å².